The van der Waals surface area contributed by atoms with Crippen molar-refractivity contribution >= 4 is 77.0 Å². The number of benzene rings is 2. The number of hydrogen-bond donors (Lipinski definition) is 2. The molecule has 0 spiro atoms. The Hall–Kier alpha value is -6.27. The number of ether oxygens (including phenoxy) is 1. The predicted molar refractivity (Wildman–Crippen MR) is 185 cm³/mol. The maximum atomic E-state index is 12.8. The maximum absolute atomic E-state index is 12.8. The molecule has 4 heterocycles. The number of carbonyl (C=O) groups excluding carboxylic acids is 2. The smallest absolute Gasteiger partial charge is 0.416 e. The Labute approximate surface area is 296 Å². The highest BCUT2D eigenvalue weighted by molar-refractivity contribution is 7.23. The SMILES string of the molecule is CN(C(=O)c1cccc(C(F)(F)F)c1)c1cc2oc(=O)c(C(=O)O)cc2s1.COc1ccc(C(=O)N(C)c2cc3oc(=O)c(C(=O)O)cc3s2)cc1. The fourth-order valence-electron chi connectivity index (χ4n) is 4.58. The van der Waals surface area contributed by atoms with Gasteiger partial charge in [0.25, 0.3) is 11.8 Å². The first-order chi connectivity index (χ1) is 24.5. The number of fused-ring (bicyclic) bond motifs is 2. The molecular formula is C34H23F3N2O11S2. The second kappa shape index (κ2) is 14.5. The lowest BCUT2D eigenvalue weighted by Crippen LogP contribution is -2.25. The largest absolute Gasteiger partial charge is 0.497 e. The third-order valence-corrected chi connectivity index (χ3v) is 9.60. The van der Waals surface area contributed by atoms with E-state index in [1.54, 1.807) is 38.4 Å². The molecule has 2 amide bonds. The van der Waals surface area contributed by atoms with Crippen LogP contribution in [0.15, 0.2) is 91.2 Å². The Kier molecular flexibility index (Phi) is 10.3. The van der Waals surface area contributed by atoms with Crippen LogP contribution in [0.3, 0.4) is 0 Å². The van der Waals surface area contributed by atoms with E-state index in [9.17, 15) is 41.9 Å². The minimum absolute atomic E-state index is 0.0775. The average Bonchev–Trinajstić information content (AvgIpc) is 3.73. The highest BCUT2D eigenvalue weighted by Gasteiger charge is 2.31. The summed E-state index contributed by atoms with van der Waals surface area (Å²) in [5.74, 6) is -3.12. The maximum Gasteiger partial charge on any atom is 0.416 e. The van der Waals surface area contributed by atoms with Gasteiger partial charge in [-0.15, -0.1) is 22.7 Å². The zero-order chi connectivity index (χ0) is 38.1. The molecule has 0 saturated carbocycles. The molecule has 52 heavy (non-hydrogen) atoms. The first kappa shape index (κ1) is 37.0. The number of amides is 2. The second-order valence-corrected chi connectivity index (χ2v) is 12.8. The molecule has 0 fully saturated rings. The van der Waals surface area contributed by atoms with Crippen molar-refractivity contribution in [1.29, 1.82) is 0 Å². The van der Waals surface area contributed by atoms with Crippen molar-refractivity contribution in [1.82, 2.24) is 0 Å². The standard InChI is InChI=1S/C17H10F3NO5S.C17H13NO6S/c1-21(14(22)8-3-2-4-9(5-8)17(18,19)20)13-7-11-12(27-13)6-10(15(23)24)16(25)26-11;1-18(15(19)9-3-5-10(23-2)6-4-9)14-8-12-13(25-14)7-11(16(20)21)17(22)24-12/h2-7H,1H3,(H,23,24);3-8H,1-2H3,(H,20,21). The molecule has 0 aliphatic heterocycles. The van der Waals surface area contributed by atoms with Gasteiger partial charge in [-0.25, -0.2) is 19.2 Å². The number of rotatable bonds is 7. The van der Waals surface area contributed by atoms with Gasteiger partial charge in [-0.3, -0.25) is 9.59 Å². The number of carboxylic acid groups (broad SMARTS) is 2. The number of halogens is 3. The van der Waals surface area contributed by atoms with Crippen LogP contribution in [-0.4, -0.2) is 55.2 Å². The van der Waals surface area contributed by atoms with E-state index in [1.165, 1.54) is 36.2 Å². The van der Waals surface area contributed by atoms with Crippen molar-refractivity contribution in [2.45, 2.75) is 6.18 Å². The molecule has 0 bridgehead atoms. The molecule has 18 heteroatoms. The fraction of sp³-hybridized carbons (Fsp3) is 0.118. The minimum atomic E-state index is -4.58. The Morgan fingerprint density at radius 2 is 1.15 bits per heavy atom. The van der Waals surface area contributed by atoms with E-state index in [2.05, 4.69) is 0 Å². The van der Waals surface area contributed by atoms with E-state index < -0.39 is 52.0 Å². The summed E-state index contributed by atoms with van der Waals surface area (Å²) in [6.07, 6.45) is -4.58. The quantitative estimate of drug-likeness (QED) is 0.177. The number of alkyl halides is 3. The van der Waals surface area contributed by atoms with E-state index in [1.807, 2.05) is 0 Å². The zero-order valence-corrected chi connectivity index (χ0v) is 28.5. The summed E-state index contributed by atoms with van der Waals surface area (Å²) in [5.41, 5.74) is -3.29. The number of anilines is 2. The Morgan fingerprint density at radius 1 is 0.692 bits per heavy atom. The molecular weight excluding hydrogens is 734 g/mol. The first-order valence-corrected chi connectivity index (χ1v) is 16.1. The van der Waals surface area contributed by atoms with Crippen molar-refractivity contribution < 1.29 is 56.1 Å². The summed E-state index contributed by atoms with van der Waals surface area (Å²) in [7, 11) is 4.48. The topological polar surface area (TPSA) is 185 Å². The number of carbonyl (C=O) groups is 4. The van der Waals surface area contributed by atoms with Crippen molar-refractivity contribution in [3.63, 3.8) is 0 Å². The van der Waals surface area contributed by atoms with Gasteiger partial charge in [0.2, 0.25) is 0 Å². The van der Waals surface area contributed by atoms with Gasteiger partial charge in [-0.1, -0.05) is 6.07 Å². The molecule has 268 valence electrons. The summed E-state index contributed by atoms with van der Waals surface area (Å²) in [6, 6.07) is 15.9. The van der Waals surface area contributed by atoms with Crippen LogP contribution in [-0.2, 0) is 6.18 Å². The molecule has 6 rings (SSSR count). The van der Waals surface area contributed by atoms with Crippen LogP contribution < -0.4 is 25.8 Å². The molecule has 6 aromatic rings. The number of aromatic carboxylic acids is 2. The zero-order valence-electron chi connectivity index (χ0n) is 26.8. The molecule has 0 unspecified atom stereocenters. The van der Waals surface area contributed by atoms with Crippen molar-refractivity contribution in [2.24, 2.45) is 0 Å². The molecule has 4 aromatic heterocycles. The van der Waals surface area contributed by atoms with Gasteiger partial charge in [0.1, 0.15) is 26.9 Å². The monoisotopic (exact) mass is 756 g/mol. The van der Waals surface area contributed by atoms with E-state index >= 15 is 0 Å². The number of carboxylic acids is 2. The lowest BCUT2D eigenvalue weighted by molar-refractivity contribution is -0.137. The van der Waals surface area contributed by atoms with Crippen LogP contribution in [0.4, 0.5) is 23.2 Å². The van der Waals surface area contributed by atoms with Gasteiger partial charge in [-0.05, 0) is 54.6 Å². The Morgan fingerprint density at radius 3 is 1.58 bits per heavy atom. The molecule has 0 saturated heterocycles. The lowest BCUT2D eigenvalue weighted by Gasteiger charge is -2.16. The van der Waals surface area contributed by atoms with E-state index in [-0.39, 0.29) is 27.6 Å². The highest BCUT2D eigenvalue weighted by atomic mass is 32.1. The summed E-state index contributed by atoms with van der Waals surface area (Å²) < 4.78 is 54.3. The summed E-state index contributed by atoms with van der Waals surface area (Å²) >= 11 is 2.13. The fourth-order valence-corrected chi connectivity index (χ4v) is 6.56. The summed E-state index contributed by atoms with van der Waals surface area (Å²) in [6.45, 7) is 0. The molecule has 0 atom stereocenters. The van der Waals surface area contributed by atoms with Crippen LogP contribution in [0.2, 0.25) is 0 Å². The van der Waals surface area contributed by atoms with Crippen LogP contribution in [0.25, 0.3) is 20.6 Å². The normalized spacial score (nSPS) is 11.1. The van der Waals surface area contributed by atoms with Gasteiger partial charge < -0.3 is 33.6 Å². The van der Waals surface area contributed by atoms with Gasteiger partial charge >= 0.3 is 29.4 Å². The number of hydrogen-bond acceptors (Lipinski definition) is 11. The number of nitrogens with zero attached hydrogens (tertiary/aromatic N) is 2. The van der Waals surface area contributed by atoms with E-state index in [0.29, 0.717) is 25.7 Å². The highest BCUT2D eigenvalue weighted by Crippen LogP contribution is 2.35. The van der Waals surface area contributed by atoms with Gasteiger partial charge in [0, 0.05) is 37.4 Å². The van der Waals surface area contributed by atoms with Crippen LogP contribution >= 0.6 is 22.7 Å². The summed E-state index contributed by atoms with van der Waals surface area (Å²) in [4.78, 5) is 72.9. The molecule has 2 aromatic carbocycles. The van der Waals surface area contributed by atoms with Crippen molar-refractivity contribution in [2.75, 3.05) is 31.0 Å². The van der Waals surface area contributed by atoms with Crippen LogP contribution in [0.1, 0.15) is 47.0 Å². The molecule has 0 aliphatic carbocycles. The predicted octanol–water partition coefficient (Wildman–Crippen LogP) is 6.69. The Balaban J connectivity index is 0.000000202. The van der Waals surface area contributed by atoms with E-state index in [0.717, 1.165) is 51.8 Å². The third kappa shape index (κ3) is 7.72. The van der Waals surface area contributed by atoms with Gasteiger partial charge in [0.05, 0.1) is 22.1 Å². The van der Waals surface area contributed by atoms with Crippen molar-refractivity contribution in [3.05, 3.63) is 121 Å². The number of methoxy groups -OCH3 is 1. The van der Waals surface area contributed by atoms with E-state index in [4.69, 9.17) is 23.8 Å². The second-order valence-electron chi connectivity index (χ2n) is 10.7. The molecule has 13 nitrogen and oxygen atoms in total. The van der Waals surface area contributed by atoms with Gasteiger partial charge in [0.15, 0.2) is 11.2 Å². The summed E-state index contributed by atoms with van der Waals surface area (Å²) in [5, 5.41) is 18.8. The molecule has 0 aliphatic rings. The Bertz CT molecular complexity index is 2480. The number of thiophene rings is 2. The average molecular weight is 757 g/mol. The first-order valence-electron chi connectivity index (χ1n) is 14.5. The van der Waals surface area contributed by atoms with Gasteiger partial charge in [-0.2, -0.15) is 13.2 Å². The van der Waals surface area contributed by atoms with Crippen molar-refractivity contribution in [3.8, 4) is 5.75 Å². The van der Waals surface area contributed by atoms with Crippen LogP contribution in [0, 0.1) is 0 Å². The molecule has 0 radical (unpaired) electrons. The lowest BCUT2D eigenvalue weighted by atomic mass is 10.1. The van der Waals surface area contributed by atoms with Crippen LogP contribution in [0.5, 0.6) is 5.75 Å². The third-order valence-electron chi connectivity index (χ3n) is 7.32. The minimum Gasteiger partial charge on any atom is -0.497 e. The molecule has 2 N–H and O–H groups in total.